The maximum absolute atomic E-state index is 13.4. The Hall–Kier alpha value is -0.570. The molecule has 0 unspecified atom stereocenters. The molecule has 0 aliphatic carbocycles. The Morgan fingerprint density at radius 1 is 1.43 bits per heavy atom. The molecule has 0 spiro atoms. The number of methoxy groups -OCH3 is 1. The van der Waals surface area contributed by atoms with E-state index >= 15 is 0 Å². The van der Waals surface area contributed by atoms with Crippen LogP contribution in [0.1, 0.15) is 19.4 Å². The van der Waals surface area contributed by atoms with Crippen LogP contribution in [0.2, 0.25) is 0 Å². The number of halogens is 2. The summed E-state index contributed by atoms with van der Waals surface area (Å²) in [6.45, 7) is 4.12. The molecule has 0 fully saturated rings. The molecule has 78 valence electrons. The van der Waals surface area contributed by atoms with Crippen LogP contribution in [0, 0.1) is 5.82 Å². The van der Waals surface area contributed by atoms with Crippen LogP contribution in [0.5, 0.6) is 5.75 Å². The summed E-state index contributed by atoms with van der Waals surface area (Å²) >= 11 is 3.41. The second-order valence-electron chi connectivity index (χ2n) is 3.87. The molecule has 3 heteroatoms. The van der Waals surface area contributed by atoms with Crippen LogP contribution in [-0.2, 0) is 5.41 Å². The minimum Gasteiger partial charge on any atom is -0.494 e. The summed E-state index contributed by atoms with van der Waals surface area (Å²) in [5.74, 6) is -0.0156. The first-order valence-electron chi connectivity index (χ1n) is 4.41. The van der Waals surface area contributed by atoms with Gasteiger partial charge in [-0.1, -0.05) is 35.8 Å². The Morgan fingerprint density at radius 3 is 2.50 bits per heavy atom. The Balaban J connectivity index is 3.08. The van der Waals surface area contributed by atoms with E-state index in [4.69, 9.17) is 4.74 Å². The molecule has 1 aromatic rings. The largest absolute Gasteiger partial charge is 0.494 e. The Morgan fingerprint density at radius 2 is 2.07 bits per heavy atom. The maximum atomic E-state index is 13.4. The number of hydrogen-bond acceptors (Lipinski definition) is 1. The van der Waals surface area contributed by atoms with Gasteiger partial charge in [0.2, 0.25) is 0 Å². The van der Waals surface area contributed by atoms with Crippen molar-refractivity contribution < 1.29 is 9.13 Å². The summed E-state index contributed by atoms with van der Waals surface area (Å²) in [5, 5.41) is 0.797. The van der Waals surface area contributed by atoms with Gasteiger partial charge in [-0.15, -0.1) is 0 Å². The Labute approximate surface area is 92.4 Å². The highest BCUT2D eigenvalue weighted by atomic mass is 79.9. The van der Waals surface area contributed by atoms with Gasteiger partial charge in [0.15, 0.2) is 11.6 Å². The zero-order valence-electron chi connectivity index (χ0n) is 8.60. The van der Waals surface area contributed by atoms with Crippen LogP contribution >= 0.6 is 15.9 Å². The van der Waals surface area contributed by atoms with Gasteiger partial charge in [0, 0.05) is 5.33 Å². The van der Waals surface area contributed by atoms with Crippen LogP contribution in [0.25, 0.3) is 0 Å². The lowest BCUT2D eigenvalue weighted by atomic mass is 9.87. The smallest absolute Gasteiger partial charge is 0.165 e. The summed E-state index contributed by atoms with van der Waals surface area (Å²) < 4.78 is 18.2. The van der Waals surface area contributed by atoms with Crippen molar-refractivity contribution in [3.8, 4) is 5.75 Å². The molecule has 0 heterocycles. The van der Waals surface area contributed by atoms with Gasteiger partial charge in [0.25, 0.3) is 0 Å². The van der Waals surface area contributed by atoms with Crippen molar-refractivity contribution in [1.29, 1.82) is 0 Å². The number of benzene rings is 1. The van der Waals surface area contributed by atoms with Gasteiger partial charge in [-0.05, 0) is 23.1 Å². The molecule has 1 rings (SSSR count). The molecule has 0 aromatic heterocycles. The standard InChI is InChI=1S/C11H14BrFO/c1-11(2,7-12)8-4-5-10(14-3)9(13)6-8/h4-6H,7H2,1-3H3. The molecule has 0 aliphatic rings. The lowest BCUT2D eigenvalue weighted by molar-refractivity contribution is 0.385. The van der Waals surface area contributed by atoms with E-state index in [0.717, 1.165) is 10.9 Å². The molecule has 0 saturated carbocycles. The average molecular weight is 261 g/mol. The van der Waals surface area contributed by atoms with Crippen LogP contribution in [0.15, 0.2) is 18.2 Å². The fourth-order valence-electron chi connectivity index (χ4n) is 1.16. The van der Waals surface area contributed by atoms with Gasteiger partial charge in [0.05, 0.1) is 7.11 Å². The molecule has 0 saturated heterocycles. The van der Waals surface area contributed by atoms with E-state index in [1.54, 1.807) is 6.07 Å². The Kier molecular flexibility index (Phi) is 3.53. The normalized spacial score (nSPS) is 11.5. The predicted octanol–water partition coefficient (Wildman–Crippen LogP) is 3.51. The third-order valence-electron chi connectivity index (χ3n) is 2.27. The van der Waals surface area contributed by atoms with Crippen LogP contribution in [0.4, 0.5) is 4.39 Å². The van der Waals surface area contributed by atoms with E-state index in [0.29, 0.717) is 5.75 Å². The van der Waals surface area contributed by atoms with E-state index in [-0.39, 0.29) is 11.2 Å². The summed E-state index contributed by atoms with van der Waals surface area (Å²) in [4.78, 5) is 0. The van der Waals surface area contributed by atoms with Crippen molar-refractivity contribution in [3.05, 3.63) is 29.6 Å². The van der Waals surface area contributed by atoms with Gasteiger partial charge in [-0.2, -0.15) is 0 Å². The highest BCUT2D eigenvalue weighted by Gasteiger charge is 2.20. The maximum Gasteiger partial charge on any atom is 0.165 e. The number of alkyl halides is 1. The van der Waals surface area contributed by atoms with Crippen molar-refractivity contribution in [2.45, 2.75) is 19.3 Å². The molecular formula is C11H14BrFO. The molecular weight excluding hydrogens is 247 g/mol. The summed E-state index contributed by atoms with van der Waals surface area (Å²) in [6.07, 6.45) is 0. The van der Waals surface area contributed by atoms with E-state index in [1.165, 1.54) is 13.2 Å². The minimum absolute atomic E-state index is 0.0624. The van der Waals surface area contributed by atoms with Gasteiger partial charge in [0.1, 0.15) is 0 Å². The van der Waals surface area contributed by atoms with Crippen LogP contribution in [0.3, 0.4) is 0 Å². The molecule has 0 N–H and O–H groups in total. The number of ether oxygens (including phenoxy) is 1. The van der Waals surface area contributed by atoms with E-state index in [9.17, 15) is 4.39 Å². The molecule has 14 heavy (non-hydrogen) atoms. The Bertz CT molecular complexity index is 323. The highest BCUT2D eigenvalue weighted by molar-refractivity contribution is 9.09. The second-order valence-corrected chi connectivity index (χ2v) is 4.43. The van der Waals surface area contributed by atoms with Crippen molar-refractivity contribution in [3.63, 3.8) is 0 Å². The van der Waals surface area contributed by atoms with Gasteiger partial charge >= 0.3 is 0 Å². The van der Waals surface area contributed by atoms with Crippen molar-refractivity contribution in [1.82, 2.24) is 0 Å². The SMILES string of the molecule is COc1ccc(C(C)(C)CBr)cc1F. The first-order chi connectivity index (χ1) is 6.51. The van der Waals surface area contributed by atoms with Crippen LogP contribution < -0.4 is 4.74 Å². The van der Waals surface area contributed by atoms with Gasteiger partial charge in [-0.3, -0.25) is 0 Å². The molecule has 0 atom stereocenters. The zero-order chi connectivity index (χ0) is 10.8. The number of hydrogen-bond donors (Lipinski definition) is 0. The number of rotatable bonds is 3. The second kappa shape index (κ2) is 4.30. The van der Waals surface area contributed by atoms with Gasteiger partial charge < -0.3 is 4.74 Å². The van der Waals surface area contributed by atoms with Crippen molar-refractivity contribution >= 4 is 15.9 Å². The molecule has 1 aromatic carbocycles. The third-order valence-corrected chi connectivity index (χ3v) is 3.67. The topological polar surface area (TPSA) is 9.23 Å². The van der Waals surface area contributed by atoms with Crippen LogP contribution in [-0.4, -0.2) is 12.4 Å². The average Bonchev–Trinajstić information content (AvgIpc) is 2.17. The summed E-state index contributed by atoms with van der Waals surface area (Å²) in [7, 11) is 1.47. The quantitative estimate of drug-likeness (QED) is 0.756. The zero-order valence-corrected chi connectivity index (χ0v) is 10.2. The lowest BCUT2D eigenvalue weighted by Crippen LogP contribution is -2.18. The fourth-order valence-corrected chi connectivity index (χ4v) is 1.49. The van der Waals surface area contributed by atoms with E-state index in [1.807, 2.05) is 6.07 Å². The van der Waals surface area contributed by atoms with E-state index < -0.39 is 0 Å². The first-order valence-corrected chi connectivity index (χ1v) is 5.53. The first kappa shape index (κ1) is 11.5. The van der Waals surface area contributed by atoms with E-state index in [2.05, 4.69) is 29.8 Å². The van der Waals surface area contributed by atoms with Crippen molar-refractivity contribution in [2.75, 3.05) is 12.4 Å². The summed E-state index contributed by atoms with van der Waals surface area (Å²) in [5.41, 5.74) is 0.903. The minimum atomic E-state index is -0.306. The molecule has 0 radical (unpaired) electrons. The third kappa shape index (κ3) is 2.27. The summed E-state index contributed by atoms with van der Waals surface area (Å²) in [6, 6.07) is 5.08. The molecule has 0 aliphatic heterocycles. The molecule has 1 nitrogen and oxygen atoms in total. The lowest BCUT2D eigenvalue weighted by Gasteiger charge is -2.22. The molecule has 0 amide bonds. The highest BCUT2D eigenvalue weighted by Crippen LogP contribution is 2.28. The van der Waals surface area contributed by atoms with Gasteiger partial charge in [-0.25, -0.2) is 4.39 Å². The van der Waals surface area contributed by atoms with Crippen molar-refractivity contribution in [2.24, 2.45) is 0 Å². The fraction of sp³-hybridized carbons (Fsp3) is 0.455. The molecule has 0 bridgehead atoms. The monoisotopic (exact) mass is 260 g/mol. The predicted molar refractivity (Wildman–Crippen MR) is 59.8 cm³/mol.